The van der Waals surface area contributed by atoms with Gasteiger partial charge >= 0.3 is 0 Å². The summed E-state index contributed by atoms with van der Waals surface area (Å²) in [5.74, 6) is 0.335. The molecule has 4 aliphatic carbocycles. The number of Topliss-reactive ketones (excluding diaryl/α,β-unsaturated/α-hetero) is 1. The zero-order valence-electron chi connectivity index (χ0n) is 21.3. The summed E-state index contributed by atoms with van der Waals surface area (Å²) in [4.78, 5) is 27.4. The molecule has 3 heterocycles. The second-order valence-corrected chi connectivity index (χ2v) is 13.5. The van der Waals surface area contributed by atoms with E-state index < -0.39 is 33.9 Å². The van der Waals surface area contributed by atoms with Crippen molar-refractivity contribution in [3.8, 4) is 0 Å². The van der Waals surface area contributed by atoms with Gasteiger partial charge in [-0.3, -0.25) is 9.59 Å². The molecule has 0 spiro atoms. The van der Waals surface area contributed by atoms with E-state index in [1.807, 2.05) is 20.8 Å². The Kier molecular flexibility index (Phi) is 4.26. The molecular formula is C28H38O7. The first-order chi connectivity index (χ1) is 16.3. The van der Waals surface area contributed by atoms with Crippen LogP contribution in [-0.4, -0.2) is 63.2 Å². The number of hydrogen-bond acceptors (Lipinski definition) is 7. The summed E-state index contributed by atoms with van der Waals surface area (Å²) in [6.07, 6.45) is 5.03. The predicted molar refractivity (Wildman–Crippen MR) is 124 cm³/mol. The van der Waals surface area contributed by atoms with Crippen molar-refractivity contribution in [2.75, 3.05) is 0 Å². The second kappa shape index (κ2) is 6.47. The fraction of sp³-hybridized carbons (Fsp3) is 0.857. The van der Waals surface area contributed by atoms with E-state index >= 15 is 0 Å². The van der Waals surface area contributed by atoms with Gasteiger partial charge in [0.1, 0.15) is 28.7 Å². The van der Waals surface area contributed by atoms with Crippen LogP contribution in [0.15, 0.2) is 12.2 Å². The summed E-state index contributed by atoms with van der Waals surface area (Å²) >= 11 is 0. The van der Waals surface area contributed by atoms with E-state index in [1.165, 1.54) is 0 Å². The average Bonchev–Trinajstić information content (AvgIpc) is 3.66. The summed E-state index contributed by atoms with van der Waals surface area (Å²) < 4.78 is 18.2. The molecule has 14 atom stereocenters. The van der Waals surface area contributed by atoms with Crippen molar-refractivity contribution in [2.45, 2.75) is 108 Å². The molecule has 0 radical (unpaired) electrons. The zero-order chi connectivity index (χ0) is 24.9. The summed E-state index contributed by atoms with van der Waals surface area (Å²) in [5.41, 5.74) is -3.80. The smallest absolute Gasteiger partial charge is 0.186 e. The molecule has 3 saturated carbocycles. The zero-order valence-corrected chi connectivity index (χ0v) is 21.3. The molecule has 192 valence electrons. The first-order valence-electron chi connectivity index (χ1n) is 13.5. The Hall–Kier alpha value is -1.12. The fourth-order valence-electron chi connectivity index (χ4n) is 9.89. The first kappa shape index (κ1) is 23.0. The Morgan fingerprint density at radius 2 is 1.83 bits per heavy atom. The van der Waals surface area contributed by atoms with E-state index in [-0.39, 0.29) is 59.5 Å². The minimum Gasteiger partial charge on any atom is -0.386 e. The Morgan fingerprint density at radius 1 is 1.09 bits per heavy atom. The first-order valence-corrected chi connectivity index (χ1v) is 13.5. The number of aliphatic hydroxyl groups excluding tert-OH is 1. The number of aliphatic hydroxyl groups is 2. The van der Waals surface area contributed by atoms with Gasteiger partial charge in [-0.05, 0) is 75.7 Å². The average molecular weight is 487 g/mol. The van der Waals surface area contributed by atoms with Gasteiger partial charge in [0.2, 0.25) is 0 Å². The second-order valence-electron chi connectivity index (χ2n) is 13.5. The summed E-state index contributed by atoms with van der Waals surface area (Å²) in [6, 6.07) is 0. The molecule has 7 aliphatic rings. The largest absolute Gasteiger partial charge is 0.386 e. The van der Waals surface area contributed by atoms with Crippen molar-refractivity contribution >= 4 is 11.6 Å². The van der Waals surface area contributed by atoms with E-state index in [0.717, 1.165) is 12.8 Å². The summed E-state index contributed by atoms with van der Waals surface area (Å²) in [5, 5.41) is 22.4. The molecule has 3 saturated heterocycles. The molecule has 0 aromatic carbocycles. The van der Waals surface area contributed by atoms with E-state index in [0.29, 0.717) is 19.3 Å². The van der Waals surface area contributed by atoms with Gasteiger partial charge in [-0.1, -0.05) is 19.9 Å². The number of ether oxygens (including phenoxy) is 3. The molecule has 0 bridgehead atoms. The number of ketones is 2. The lowest BCUT2D eigenvalue weighted by atomic mass is 9.43. The molecule has 7 heteroatoms. The highest BCUT2D eigenvalue weighted by Crippen LogP contribution is 2.71. The van der Waals surface area contributed by atoms with Gasteiger partial charge in [-0.2, -0.15) is 0 Å². The van der Waals surface area contributed by atoms with E-state index in [2.05, 4.69) is 13.8 Å². The Bertz CT molecular complexity index is 1060. The van der Waals surface area contributed by atoms with Gasteiger partial charge < -0.3 is 24.4 Å². The van der Waals surface area contributed by atoms with Gasteiger partial charge in [-0.25, -0.2) is 0 Å². The van der Waals surface area contributed by atoms with Crippen molar-refractivity contribution in [3.05, 3.63) is 12.2 Å². The Morgan fingerprint density at radius 3 is 2.54 bits per heavy atom. The summed E-state index contributed by atoms with van der Waals surface area (Å²) in [6.45, 7) is 10.1. The van der Waals surface area contributed by atoms with Crippen molar-refractivity contribution < 1.29 is 34.0 Å². The van der Waals surface area contributed by atoms with Gasteiger partial charge in [-0.15, -0.1) is 0 Å². The van der Waals surface area contributed by atoms with Gasteiger partial charge in [0, 0.05) is 18.3 Å². The molecule has 7 nitrogen and oxygen atoms in total. The van der Waals surface area contributed by atoms with Crippen LogP contribution in [-0.2, 0) is 23.8 Å². The maximum atomic E-state index is 14.1. The number of epoxide rings is 2. The maximum Gasteiger partial charge on any atom is 0.186 e. The molecule has 6 fully saturated rings. The molecule has 2 N–H and O–H groups in total. The molecule has 0 aromatic heterocycles. The van der Waals surface area contributed by atoms with Gasteiger partial charge in [0.05, 0.1) is 17.6 Å². The molecule has 7 rings (SSSR count). The highest BCUT2D eigenvalue weighted by atomic mass is 16.7. The number of carbonyl (C=O) groups is 2. The standard InChI is InChI=1S/C28H38O7/c1-13(17-12-24(2)27(5,35-24)23(31)33-17)14-8-9-15-20-16(11-19(30)25(14,15)3)26(4)18(29)7-6-10-28(26,32)22-21(20)34-22/h6-7,13-17,20-23,31-32H,8-12H2,1-5H3/t13-,14+,15-,16-,17+,20-,21-,22-,23+,24-,25+,26-,27+,28-/m0/s1. The number of allylic oxidation sites excluding steroid dienone is 1. The molecular weight excluding hydrogens is 448 g/mol. The van der Waals surface area contributed by atoms with Gasteiger partial charge in [0.25, 0.3) is 0 Å². The van der Waals surface area contributed by atoms with Crippen molar-refractivity contribution in [2.24, 2.45) is 40.4 Å². The SMILES string of the molecule is C[C@@H]([C@H]1CC[C@H]2[C@@H]3[C@@H]4O[C@@H]4[C@@]4(O)CC=CC(=O)[C@]4(C)[C@H]3CC(=O)[C@]12C)[C@H]1C[C@]2(C)O[C@]2(C)[C@H](O)O1. The Labute approximate surface area is 206 Å². The molecule has 0 unspecified atom stereocenters. The summed E-state index contributed by atoms with van der Waals surface area (Å²) in [7, 11) is 0. The van der Waals surface area contributed by atoms with Crippen molar-refractivity contribution in [1.29, 1.82) is 0 Å². The van der Waals surface area contributed by atoms with Crippen LogP contribution in [0.1, 0.15) is 66.7 Å². The van der Waals surface area contributed by atoms with Crippen LogP contribution in [0, 0.1) is 40.4 Å². The molecule has 35 heavy (non-hydrogen) atoms. The monoisotopic (exact) mass is 486 g/mol. The number of fused-ring (bicyclic) bond motifs is 9. The highest BCUT2D eigenvalue weighted by Gasteiger charge is 2.79. The van der Waals surface area contributed by atoms with E-state index in [4.69, 9.17) is 14.2 Å². The number of hydrogen-bond donors (Lipinski definition) is 2. The normalized spacial score (nSPS) is 62.8. The molecule has 0 amide bonds. The Balaban J connectivity index is 1.21. The highest BCUT2D eigenvalue weighted by molar-refractivity contribution is 5.98. The lowest BCUT2D eigenvalue weighted by molar-refractivity contribution is -0.205. The van der Waals surface area contributed by atoms with Crippen LogP contribution in [0.3, 0.4) is 0 Å². The lowest BCUT2D eigenvalue weighted by Crippen LogP contribution is -2.68. The van der Waals surface area contributed by atoms with Crippen LogP contribution in [0.5, 0.6) is 0 Å². The van der Waals surface area contributed by atoms with E-state index in [9.17, 15) is 19.8 Å². The van der Waals surface area contributed by atoms with Crippen molar-refractivity contribution in [3.63, 3.8) is 0 Å². The minimum absolute atomic E-state index is 0.0696. The number of carbonyl (C=O) groups excluding carboxylic acids is 2. The molecule has 3 aliphatic heterocycles. The lowest BCUT2D eigenvalue weighted by Gasteiger charge is -2.59. The van der Waals surface area contributed by atoms with Crippen molar-refractivity contribution in [1.82, 2.24) is 0 Å². The minimum atomic E-state index is -1.23. The quantitative estimate of drug-likeness (QED) is 0.578. The fourth-order valence-corrected chi connectivity index (χ4v) is 9.89. The number of rotatable bonds is 2. The third-order valence-electron chi connectivity index (χ3n) is 12.5. The topological polar surface area (TPSA) is 109 Å². The third kappa shape index (κ3) is 2.42. The predicted octanol–water partition coefficient (Wildman–Crippen LogP) is 2.56. The van der Waals surface area contributed by atoms with Crippen LogP contribution < -0.4 is 0 Å². The molecule has 0 aromatic rings. The van der Waals surface area contributed by atoms with Gasteiger partial charge in [0.15, 0.2) is 12.1 Å². The van der Waals surface area contributed by atoms with Crippen LogP contribution in [0.4, 0.5) is 0 Å². The van der Waals surface area contributed by atoms with Crippen LogP contribution in [0.2, 0.25) is 0 Å². The van der Waals surface area contributed by atoms with E-state index in [1.54, 1.807) is 12.2 Å². The van der Waals surface area contributed by atoms with Crippen LogP contribution >= 0.6 is 0 Å². The maximum absolute atomic E-state index is 14.1. The van der Waals surface area contributed by atoms with Crippen LogP contribution in [0.25, 0.3) is 0 Å². The third-order valence-corrected chi connectivity index (χ3v) is 12.5.